The average Bonchev–Trinajstić information content (AvgIpc) is 3.04. The van der Waals surface area contributed by atoms with Gasteiger partial charge < -0.3 is 9.88 Å². The van der Waals surface area contributed by atoms with Gasteiger partial charge in [-0.2, -0.15) is 0 Å². The fourth-order valence-electron chi connectivity index (χ4n) is 3.42. The molecule has 1 amide bonds. The molecule has 6 heteroatoms. The van der Waals surface area contributed by atoms with E-state index in [0.29, 0.717) is 18.7 Å². The number of para-hydroxylation sites is 2. The van der Waals surface area contributed by atoms with Crippen LogP contribution in [0.15, 0.2) is 54.6 Å². The Morgan fingerprint density at radius 2 is 1.92 bits per heavy atom. The quantitative estimate of drug-likeness (QED) is 0.446. The van der Waals surface area contributed by atoms with Crippen molar-refractivity contribution in [3.63, 3.8) is 0 Å². The highest BCUT2D eigenvalue weighted by Crippen LogP contribution is 2.28. The van der Waals surface area contributed by atoms with E-state index in [4.69, 9.17) is 0 Å². The van der Waals surface area contributed by atoms with E-state index in [9.17, 15) is 14.9 Å². The SMILES string of the molecule is O=C(C=Cc1ccccc1[N+](=O)[O-])N1CCc2[nH]c3ccccc3c2C1. The molecule has 0 aliphatic carbocycles. The Balaban J connectivity index is 1.56. The standard InChI is InChI=1S/C20H17N3O3/c24-20(10-9-14-5-1-4-8-19(14)23(25)26)22-12-11-18-16(13-22)15-6-2-3-7-17(15)21-18/h1-10,21H,11-13H2. The zero-order chi connectivity index (χ0) is 18.1. The van der Waals surface area contributed by atoms with E-state index in [1.807, 2.05) is 18.2 Å². The molecule has 26 heavy (non-hydrogen) atoms. The van der Waals surface area contributed by atoms with Gasteiger partial charge in [-0.05, 0) is 18.2 Å². The van der Waals surface area contributed by atoms with E-state index in [1.54, 1.807) is 23.1 Å². The zero-order valence-corrected chi connectivity index (χ0v) is 14.0. The van der Waals surface area contributed by atoms with Crippen molar-refractivity contribution in [2.24, 2.45) is 0 Å². The van der Waals surface area contributed by atoms with Gasteiger partial charge in [-0.15, -0.1) is 0 Å². The number of carbonyl (C=O) groups excluding carboxylic acids is 1. The van der Waals surface area contributed by atoms with Crippen LogP contribution in [0.2, 0.25) is 0 Å². The largest absolute Gasteiger partial charge is 0.358 e. The van der Waals surface area contributed by atoms with Gasteiger partial charge in [0.2, 0.25) is 5.91 Å². The maximum absolute atomic E-state index is 12.6. The number of H-pyrrole nitrogens is 1. The number of benzene rings is 2. The van der Waals surface area contributed by atoms with Crippen LogP contribution in [-0.2, 0) is 17.8 Å². The van der Waals surface area contributed by atoms with Gasteiger partial charge in [0.1, 0.15) is 0 Å². The third-order valence-corrected chi connectivity index (χ3v) is 4.73. The number of nitro groups is 1. The van der Waals surface area contributed by atoms with E-state index in [1.165, 1.54) is 23.9 Å². The molecule has 0 atom stereocenters. The van der Waals surface area contributed by atoms with Crippen LogP contribution in [0.5, 0.6) is 0 Å². The molecule has 1 N–H and O–H groups in total. The van der Waals surface area contributed by atoms with Crippen molar-refractivity contribution < 1.29 is 9.72 Å². The van der Waals surface area contributed by atoms with Gasteiger partial charge in [-0.25, -0.2) is 0 Å². The van der Waals surface area contributed by atoms with Crippen LogP contribution in [0.25, 0.3) is 17.0 Å². The summed E-state index contributed by atoms with van der Waals surface area (Å²) in [7, 11) is 0. The number of fused-ring (bicyclic) bond motifs is 3. The predicted octanol–water partition coefficient (Wildman–Crippen LogP) is 3.67. The van der Waals surface area contributed by atoms with Crippen molar-refractivity contribution in [2.45, 2.75) is 13.0 Å². The summed E-state index contributed by atoms with van der Waals surface area (Å²) in [5.41, 5.74) is 3.84. The zero-order valence-electron chi connectivity index (χ0n) is 14.0. The maximum Gasteiger partial charge on any atom is 0.276 e. The summed E-state index contributed by atoms with van der Waals surface area (Å²) in [6, 6.07) is 14.5. The molecule has 6 nitrogen and oxygen atoms in total. The van der Waals surface area contributed by atoms with Crippen LogP contribution in [0.4, 0.5) is 5.69 Å². The fourth-order valence-corrected chi connectivity index (χ4v) is 3.42. The number of hydrogen-bond donors (Lipinski definition) is 1. The van der Waals surface area contributed by atoms with Crippen LogP contribution in [0.1, 0.15) is 16.8 Å². The molecule has 0 unspecified atom stereocenters. The number of nitrogens with zero attached hydrogens (tertiary/aromatic N) is 2. The number of amides is 1. The lowest BCUT2D eigenvalue weighted by molar-refractivity contribution is -0.385. The van der Waals surface area contributed by atoms with E-state index in [-0.39, 0.29) is 11.6 Å². The first-order chi connectivity index (χ1) is 12.6. The molecule has 130 valence electrons. The summed E-state index contributed by atoms with van der Waals surface area (Å²) in [4.78, 5) is 28.4. The highest BCUT2D eigenvalue weighted by Gasteiger charge is 2.22. The summed E-state index contributed by atoms with van der Waals surface area (Å²) < 4.78 is 0. The predicted molar refractivity (Wildman–Crippen MR) is 99.6 cm³/mol. The number of rotatable bonds is 3. The minimum atomic E-state index is -0.441. The third-order valence-electron chi connectivity index (χ3n) is 4.73. The Labute approximate surface area is 149 Å². The highest BCUT2D eigenvalue weighted by molar-refractivity contribution is 5.93. The number of nitrogens with one attached hydrogen (secondary N) is 1. The summed E-state index contributed by atoms with van der Waals surface area (Å²) in [5, 5.41) is 12.2. The minimum Gasteiger partial charge on any atom is -0.358 e. The van der Waals surface area contributed by atoms with Crippen molar-refractivity contribution in [3.05, 3.63) is 81.5 Å². The first-order valence-electron chi connectivity index (χ1n) is 8.42. The van der Waals surface area contributed by atoms with Gasteiger partial charge in [0.05, 0.1) is 10.5 Å². The number of aromatic amines is 1. The number of nitro benzene ring substituents is 1. The first-order valence-corrected chi connectivity index (χ1v) is 8.42. The molecule has 0 saturated carbocycles. The van der Waals surface area contributed by atoms with E-state index in [2.05, 4.69) is 11.1 Å². The molecule has 0 radical (unpaired) electrons. The van der Waals surface area contributed by atoms with Crippen molar-refractivity contribution in [1.82, 2.24) is 9.88 Å². The second-order valence-corrected chi connectivity index (χ2v) is 6.29. The van der Waals surface area contributed by atoms with Crippen molar-refractivity contribution in [1.29, 1.82) is 0 Å². The molecule has 3 aromatic rings. The van der Waals surface area contributed by atoms with Crippen LogP contribution in [0, 0.1) is 10.1 Å². The van der Waals surface area contributed by atoms with Gasteiger partial charge in [0.15, 0.2) is 0 Å². The van der Waals surface area contributed by atoms with Crippen molar-refractivity contribution >= 4 is 28.6 Å². The Bertz CT molecular complexity index is 1040. The van der Waals surface area contributed by atoms with Crippen LogP contribution >= 0.6 is 0 Å². The third kappa shape index (κ3) is 2.86. The second-order valence-electron chi connectivity index (χ2n) is 6.29. The van der Waals surface area contributed by atoms with Crippen LogP contribution < -0.4 is 0 Å². The van der Waals surface area contributed by atoms with Gasteiger partial charge in [0.25, 0.3) is 5.69 Å². The monoisotopic (exact) mass is 347 g/mol. The topological polar surface area (TPSA) is 79.2 Å². The smallest absolute Gasteiger partial charge is 0.276 e. The summed E-state index contributed by atoms with van der Waals surface area (Å²) in [6.07, 6.45) is 3.71. The molecule has 4 rings (SSSR count). The molecule has 0 saturated heterocycles. The number of aromatic nitrogens is 1. The van der Waals surface area contributed by atoms with E-state index >= 15 is 0 Å². The Kier molecular flexibility index (Phi) is 4.01. The fraction of sp³-hybridized carbons (Fsp3) is 0.150. The molecule has 1 aromatic heterocycles. The maximum atomic E-state index is 12.6. The number of hydrogen-bond acceptors (Lipinski definition) is 3. The molecular formula is C20H17N3O3. The normalized spacial score (nSPS) is 13.9. The second kappa shape index (κ2) is 6.48. The molecule has 2 aromatic carbocycles. The summed E-state index contributed by atoms with van der Waals surface area (Å²) >= 11 is 0. The van der Waals surface area contributed by atoms with Gasteiger partial charge >= 0.3 is 0 Å². The average molecular weight is 347 g/mol. The van der Waals surface area contributed by atoms with Gasteiger partial charge in [-0.1, -0.05) is 30.3 Å². The summed E-state index contributed by atoms with van der Waals surface area (Å²) in [6.45, 7) is 1.17. The van der Waals surface area contributed by atoms with E-state index < -0.39 is 4.92 Å². The lowest BCUT2D eigenvalue weighted by Gasteiger charge is -2.26. The Morgan fingerprint density at radius 1 is 1.15 bits per heavy atom. The molecule has 1 aliphatic rings. The number of carbonyl (C=O) groups is 1. The Hall–Kier alpha value is -3.41. The molecular weight excluding hydrogens is 330 g/mol. The van der Waals surface area contributed by atoms with Gasteiger partial charge in [-0.3, -0.25) is 14.9 Å². The minimum absolute atomic E-state index is 0.00545. The molecule has 2 heterocycles. The van der Waals surface area contributed by atoms with E-state index in [0.717, 1.165) is 22.9 Å². The van der Waals surface area contributed by atoms with Crippen molar-refractivity contribution in [2.75, 3.05) is 6.54 Å². The highest BCUT2D eigenvalue weighted by atomic mass is 16.6. The molecule has 0 bridgehead atoms. The van der Waals surface area contributed by atoms with Crippen LogP contribution in [-0.4, -0.2) is 27.3 Å². The van der Waals surface area contributed by atoms with Gasteiger partial charge in [0, 0.05) is 53.8 Å². The lowest BCUT2D eigenvalue weighted by Crippen LogP contribution is -2.34. The lowest BCUT2D eigenvalue weighted by atomic mass is 10.0. The van der Waals surface area contributed by atoms with Crippen LogP contribution in [0.3, 0.4) is 0 Å². The Morgan fingerprint density at radius 3 is 2.77 bits per heavy atom. The molecule has 0 fully saturated rings. The van der Waals surface area contributed by atoms with Crippen molar-refractivity contribution in [3.8, 4) is 0 Å². The molecule has 0 spiro atoms. The summed E-state index contributed by atoms with van der Waals surface area (Å²) in [5.74, 6) is -0.140. The molecule has 1 aliphatic heterocycles. The first kappa shape index (κ1) is 16.1.